The Hall–Kier alpha value is -2.82. The highest BCUT2D eigenvalue weighted by molar-refractivity contribution is 6.12. The Morgan fingerprint density at radius 3 is 2.46 bits per heavy atom. The van der Waals surface area contributed by atoms with Crippen molar-refractivity contribution in [3.63, 3.8) is 0 Å². The standard InChI is InChI=1S/C19H20N2O3/c1-3-22-18-6-5-15(12-19(18)23-4-2)16-11-17(21-24-13-16)14-7-9-20-10-8-14/h5-12H,3-4,13H2,1-2H3. The number of ether oxygens (including phenoxy) is 2. The van der Waals surface area contributed by atoms with Crippen molar-refractivity contribution in [3.8, 4) is 11.5 Å². The molecule has 3 rings (SSSR count). The van der Waals surface area contributed by atoms with E-state index in [9.17, 15) is 0 Å². The molecule has 0 bridgehead atoms. The number of aromatic nitrogens is 1. The van der Waals surface area contributed by atoms with Gasteiger partial charge in [-0.05, 0) is 49.8 Å². The van der Waals surface area contributed by atoms with E-state index in [1.54, 1.807) is 12.4 Å². The number of hydrogen-bond donors (Lipinski definition) is 0. The summed E-state index contributed by atoms with van der Waals surface area (Å²) in [5.74, 6) is 1.49. The molecule has 1 aliphatic heterocycles. The lowest BCUT2D eigenvalue weighted by Crippen LogP contribution is -2.08. The van der Waals surface area contributed by atoms with Gasteiger partial charge in [0.15, 0.2) is 11.5 Å². The van der Waals surface area contributed by atoms with Crippen LogP contribution in [0.1, 0.15) is 25.0 Å². The summed E-state index contributed by atoms with van der Waals surface area (Å²) in [7, 11) is 0. The van der Waals surface area contributed by atoms with E-state index < -0.39 is 0 Å². The minimum Gasteiger partial charge on any atom is -0.490 e. The molecule has 5 nitrogen and oxygen atoms in total. The smallest absolute Gasteiger partial charge is 0.161 e. The van der Waals surface area contributed by atoms with E-state index in [1.807, 2.05) is 50.3 Å². The molecule has 0 radical (unpaired) electrons. The summed E-state index contributed by atoms with van der Waals surface area (Å²) in [4.78, 5) is 9.44. The molecule has 24 heavy (non-hydrogen) atoms. The summed E-state index contributed by atoms with van der Waals surface area (Å²) < 4.78 is 11.3. The van der Waals surface area contributed by atoms with E-state index in [-0.39, 0.29) is 0 Å². The Kier molecular flexibility index (Phi) is 5.11. The topological polar surface area (TPSA) is 52.9 Å². The molecular weight excluding hydrogens is 304 g/mol. The van der Waals surface area contributed by atoms with Crippen molar-refractivity contribution in [1.82, 2.24) is 4.98 Å². The van der Waals surface area contributed by atoms with Gasteiger partial charge in [-0.2, -0.15) is 0 Å². The molecule has 2 aromatic rings. The molecule has 1 aliphatic rings. The number of hydrogen-bond acceptors (Lipinski definition) is 5. The summed E-state index contributed by atoms with van der Waals surface area (Å²) >= 11 is 0. The Labute approximate surface area is 141 Å². The Morgan fingerprint density at radius 2 is 1.71 bits per heavy atom. The molecule has 0 amide bonds. The van der Waals surface area contributed by atoms with E-state index in [0.29, 0.717) is 19.8 Å². The number of rotatable bonds is 6. The molecule has 124 valence electrons. The Morgan fingerprint density at radius 1 is 0.958 bits per heavy atom. The second kappa shape index (κ2) is 7.64. The quantitative estimate of drug-likeness (QED) is 0.813. The first-order valence-corrected chi connectivity index (χ1v) is 8.02. The zero-order chi connectivity index (χ0) is 16.8. The van der Waals surface area contributed by atoms with Gasteiger partial charge in [-0.15, -0.1) is 0 Å². The lowest BCUT2D eigenvalue weighted by atomic mass is 10.0. The number of benzene rings is 1. The third-order valence-corrected chi connectivity index (χ3v) is 3.58. The first-order chi connectivity index (χ1) is 11.8. The van der Waals surface area contributed by atoms with E-state index >= 15 is 0 Å². The lowest BCUT2D eigenvalue weighted by molar-refractivity contribution is 0.177. The van der Waals surface area contributed by atoms with Crippen LogP contribution in [0.5, 0.6) is 11.5 Å². The van der Waals surface area contributed by atoms with Crippen molar-refractivity contribution in [2.24, 2.45) is 5.16 Å². The van der Waals surface area contributed by atoms with Crippen molar-refractivity contribution >= 4 is 11.3 Å². The Balaban J connectivity index is 1.92. The first-order valence-electron chi connectivity index (χ1n) is 8.02. The number of oxime groups is 1. The summed E-state index contributed by atoms with van der Waals surface area (Å²) in [6.45, 7) is 5.53. The average Bonchev–Trinajstić information content (AvgIpc) is 2.64. The fourth-order valence-corrected chi connectivity index (χ4v) is 2.48. The van der Waals surface area contributed by atoms with Crippen LogP contribution in [0, 0.1) is 0 Å². The van der Waals surface area contributed by atoms with Crippen LogP contribution in [0.15, 0.2) is 54.0 Å². The molecule has 0 saturated heterocycles. The average molecular weight is 324 g/mol. The zero-order valence-corrected chi connectivity index (χ0v) is 13.9. The highest BCUT2D eigenvalue weighted by atomic mass is 16.6. The highest BCUT2D eigenvalue weighted by Gasteiger charge is 2.14. The maximum atomic E-state index is 5.70. The van der Waals surface area contributed by atoms with Gasteiger partial charge >= 0.3 is 0 Å². The van der Waals surface area contributed by atoms with Crippen molar-refractivity contribution in [3.05, 3.63) is 59.9 Å². The second-order valence-electron chi connectivity index (χ2n) is 5.18. The lowest BCUT2D eigenvalue weighted by Gasteiger charge is -2.16. The van der Waals surface area contributed by atoms with Crippen molar-refractivity contribution < 1.29 is 14.3 Å². The van der Waals surface area contributed by atoms with Crippen molar-refractivity contribution in [2.75, 3.05) is 19.8 Å². The maximum Gasteiger partial charge on any atom is 0.161 e. The van der Waals surface area contributed by atoms with Crippen molar-refractivity contribution in [2.45, 2.75) is 13.8 Å². The van der Waals surface area contributed by atoms with Gasteiger partial charge in [-0.25, -0.2) is 0 Å². The van der Waals surface area contributed by atoms with Gasteiger partial charge in [0.05, 0.1) is 13.2 Å². The molecule has 0 spiro atoms. The SMILES string of the molecule is CCOc1ccc(C2=CC(c3ccncc3)=NOC2)cc1OCC. The molecule has 2 heterocycles. The van der Waals surface area contributed by atoms with Crippen LogP contribution in [0.2, 0.25) is 0 Å². The normalized spacial score (nSPS) is 13.6. The van der Waals surface area contributed by atoms with Crippen LogP contribution in [-0.2, 0) is 4.84 Å². The molecule has 1 aromatic heterocycles. The van der Waals surface area contributed by atoms with Gasteiger partial charge in [0.25, 0.3) is 0 Å². The Bertz CT molecular complexity index is 754. The fraction of sp³-hybridized carbons (Fsp3) is 0.263. The third kappa shape index (κ3) is 3.56. The summed E-state index contributed by atoms with van der Waals surface area (Å²) in [5.41, 5.74) is 3.83. The van der Waals surface area contributed by atoms with Gasteiger partial charge in [-0.3, -0.25) is 4.98 Å². The predicted molar refractivity (Wildman–Crippen MR) is 93.5 cm³/mol. The molecule has 1 aromatic carbocycles. The van der Waals surface area contributed by atoms with Crippen LogP contribution >= 0.6 is 0 Å². The highest BCUT2D eigenvalue weighted by Crippen LogP contribution is 2.32. The van der Waals surface area contributed by atoms with E-state index in [4.69, 9.17) is 14.3 Å². The minimum absolute atomic E-state index is 0.425. The predicted octanol–water partition coefficient (Wildman–Crippen LogP) is 3.70. The van der Waals surface area contributed by atoms with Crippen LogP contribution in [0.25, 0.3) is 5.57 Å². The molecular formula is C19H20N2O3. The van der Waals surface area contributed by atoms with E-state index in [1.165, 1.54) is 0 Å². The molecule has 0 fully saturated rings. The second-order valence-corrected chi connectivity index (χ2v) is 5.18. The summed E-state index contributed by atoms with van der Waals surface area (Å²) in [6.07, 6.45) is 5.51. The largest absolute Gasteiger partial charge is 0.490 e. The van der Waals surface area contributed by atoms with Crippen molar-refractivity contribution in [1.29, 1.82) is 0 Å². The van der Waals surface area contributed by atoms with Gasteiger partial charge < -0.3 is 14.3 Å². The number of pyridine rings is 1. The third-order valence-electron chi connectivity index (χ3n) is 3.58. The van der Waals surface area contributed by atoms with Crippen LogP contribution in [0.3, 0.4) is 0 Å². The van der Waals surface area contributed by atoms with Gasteiger partial charge in [0.1, 0.15) is 12.3 Å². The van der Waals surface area contributed by atoms with Gasteiger partial charge in [0, 0.05) is 23.5 Å². The molecule has 0 saturated carbocycles. The molecule has 0 atom stereocenters. The van der Waals surface area contributed by atoms with E-state index in [2.05, 4.69) is 10.1 Å². The number of allylic oxidation sites excluding steroid dienone is 1. The summed E-state index contributed by atoms with van der Waals surface area (Å²) in [6, 6.07) is 9.75. The minimum atomic E-state index is 0.425. The summed E-state index contributed by atoms with van der Waals surface area (Å²) in [5, 5.41) is 4.14. The fourth-order valence-electron chi connectivity index (χ4n) is 2.48. The maximum absolute atomic E-state index is 5.70. The molecule has 0 aliphatic carbocycles. The van der Waals surface area contributed by atoms with E-state index in [0.717, 1.165) is 33.9 Å². The van der Waals surface area contributed by atoms with Crippen LogP contribution in [-0.4, -0.2) is 30.5 Å². The van der Waals surface area contributed by atoms with Gasteiger partial charge in [-0.1, -0.05) is 11.2 Å². The number of nitrogens with zero attached hydrogens (tertiary/aromatic N) is 2. The zero-order valence-electron chi connectivity index (χ0n) is 13.9. The first kappa shape index (κ1) is 16.1. The molecule has 0 unspecified atom stereocenters. The monoisotopic (exact) mass is 324 g/mol. The van der Waals surface area contributed by atoms with Gasteiger partial charge in [0.2, 0.25) is 0 Å². The molecule has 5 heteroatoms. The molecule has 0 N–H and O–H groups in total. The van der Waals surface area contributed by atoms with Crippen LogP contribution in [0.4, 0.5) is 0 Å². The van der Waals surface area contributed by atoms with Crippen LogP contribution < -0.4 is 9.47 Å².